The van der Waals surface area contributed by atoms with Crippen molar-refractivity contribution in [3.63, 3.8) is 0 Å². The molecule has 0 heterocycles. The average Bonchev–Trinajstić information content (AvgIpc) is 3.17. The van der Waals surface area contributed by atoms with E-state index in [-0.39, 0.29) is 19.1 Å². The van der Waals surface area contributed by atoms with Crippen molar-refractivity contribution in [2.75, 3.05) is 40.9 Å². The topological polar surface area (TPSA) is 108 Å². The molecule has 342 valence electrons. The van der Waals surface area contributed by atoms with Crippen LogP contribution >= 0.6 is 7.82 Å². The number of rotatable bonds is 44. The van der Waals surface area contributed by atoms with Gasteiger partial charge in [-0.3, -0.25) is 9.36 Å². The van der Waals surface area contributed by atoms with Gasteiger partial charge < -0.3 is 28.8 Å². The third-order valence-electron chi connectivity index (χ3n) is 10.8. The smallest absolute Gasteiger partial charge is 0.268 e. The zero-order valence-corrected chi connectivity index (χ0v) is 39.6. The molecule has 0 saturated carbocycles. The fraction of sp³-hybridized carbons (Fsp3) is 0.857. The number of hydrogen-bond donors (Lipinski definition) is 2. The Morgan fingerprint density at radius 3 is 1.50 bits per heavy atom. The van der Waals surface area contributed by atoms with Gasteiger partial charge in [0.15, 0.2) is 0 Å². The van der Waals surface area contributed by atoms with Gasteiger partial charge in [0.2, 0.25) is 5.91 Å². The monoisotopic (exact) mass is 839 g/mol. The van der Waals surface area contributed by atoms with Gasteiger partial charge in [-0.1, -0.05) is 204 Å². The molecule has 0 spiro atoms. The van der Waals surface area contributed by atoms with Crippen LogP contribution in [0, 0.1) is 0 Å². The molecule has 8 nitrogen and oxygen atoms in total. The molecule has 0 aromatic heterocycles. The van der Waals surface area contributed by atoms with Crippen LogP contribution in [-0.2, 0) is 18.4 Å². The summed E-state index contributed by atoms with van der Waals surface area (Å²) in [6.45, 7) is 4.58. The minimum absolute atomic E-state index is 0.00402. The molecule has 0 radical (unpaired) electrons. The molecule has 0 rings (SSSR count). The Bertz CT molecular complexity index is 1040. The van der Waals surface area contributed by atoms with Gasteiger partial charge in [-0.15, -0.1) is 0 Å². The Morgan fingerprint density at radius 1 is 0.603 bits per heavy atom. The molecule has 0 aromatic rings. The Labute approximate surface area is 359 Å². The second-order valence-electron chi connectivity index (χ2n) is 17.8. The van der Waals surface area contributed by atoms with Crippen LogP contribution in [0.2, 0.25) is 0 Å². The molecule has 1 amide bonds. The highest BCUT2D eigenvalue weighted by molar-refractivity contribution is 7.45. The number of aliphatic hydroxyl groups excluding tert-OH is 1. The average molecular weight is 839 g/mol. The first-order valence-electron chi connectivity index (χ1n) is 24.4. The number of unbranched alkanes of at least 4 members (excludes halogenated alkanes) is 27. The van der Waals surface area contributed by atoms with Crippen LogP contribution in [-0.4, -0.2) is 68.5 Å². The van der Waals surface area contributed by atoms with Crippen molar-refractivity contribution in [3.8, 4) is 0 Å². The van der Waals surface area contributed by atoms with E-state index in [2.05, 4.69) is 43.5 Å². The number of likely N-dealkylation sites (N-methyl/N-ethyl adjacent to an activating group) is 1. The van der Waals surface area contributed by atoms with Crippen LogP contribution in [0.5, 0.6) is 0 Å². The van der Waals surface area contributed by atoms with E-state index >= 15 is 0 Å². The second kappa shape index (κ2) is 41.1. The molecule has 0 saturated heterocycles. The lowest BCUT2D eigenvalue weighted by molar-refractivity contribution is -0.870. The van der Waals surface area contributed by atoms with Crippen LogP contribution in [0.1, 0.15) is 219 Å². The van der Waals surface area contributed by atoms with Crippen molar-refractivity contribution in [2.45, 2.75) is 231 Å². The number of nitrogens with zero attached hydrogens (tertiary/aromatic N) is 1. The highest BCUT2D eigenvalue weighted by Crippen LogP contribution is 2.38. The second-order valence-corrected chi connectivity index (χ2v) is 19.2. The first-order valence-corrected chi connectivity index (χ1v) is 25.8. The lowest BCUT2D eigenvalue weighted by atomic mass is 10.0. The SMILES string of the molecule is CCC/C=C\C/C=C\CCCCCCCC(=O)NC(COP(=O)([O-])OCC[N+](C)(C)C)C(O)/C=C/CCCCCCCCCCCCCCCCCCCCCCC. The van der Waals surface area contributed by atoms with Crippen LogP contribution in [0.25, 0.3) is 0 Å². The molecular formula is C49H95N2O6P. The highest BCUT2D eigenvalue weighted by atomic mass is 31.2. The number of aliphatic hydroxyl groups is 1. The van der Waals surface area contributed by atoms with Crippen LogP contribution in [0.3, 0.4) is 0 Å². The molecule has 9 heteroatoms. The van der Waals surface area contributed by atoms with Crippen molar-refractivity contribution < 1.29 is 32.9 Å². The number of amides is 1. The summed E-state index contributed by atoms with van der Waals surface area (Å²) >= 11 is 0. The maximum atomic E-state index is 12.8. The van der Waals surface area contributed by atoms with Gasteiger partial charge >= 0.3 is 0 Å². The van der Waals surface area contributed by atoms with E-state index in [1.165, 1.54) is 128 Å². The summed E-state index contributed by atoms with van der Waals surface area (Å²) in [7, 11) is 1.25. The van der Waals surface area contributed by atoms with Crippen molar-refractivity contribution in [3.05, 3.63) is 36.5 Å². The summed E-state index contributed by atoms with van der Waals surface area (Å²) < 4.78 is 23.2. The summed E-state index contributed by atoms with van der Waals surface area (Å²) in [6, 6.07) is -0.892. The number of phosphoric ester groups is 1. The lowest BCUT2D eigenvalue weighted by Gasteiger charge is -2.29. The minimum atomic E-state index is -4.59. The minimum Gasteiger partial charge on any atom is -0.756 e. The van der Waals surface area contributed by atoms with Crippen molar-refractivity contribution in [1.82, 2.24) is 5.32 Å². The van der Waals surface area contributed by atoms with Crippen molar-refractivity contribution in [2.24, 2.45) is 0 Å². The summed E-state index contributed by atoms with van der Waals surface area (Å²) in [5.41, 5.74) is 0. The van der Waals surface area contributed by atoms with Gasteiger partial charge in [-0.05, 0) is 44.9 Å². The first-order chi connectivity index (χ1) is 28.0. The van der Waals surface area contributed by atoms with Gasteiger partial charge in [-0.25, -0.2) is 0 Å². The third-order valence-corrected chi connectivity index (χ3v) is 11.8. The van der Waals surface area contributed by atoms with E-state index in [9.17, 15) is 19.4 Å². The van der Waals surface area contributed by atoms with E-state index < -0.39 is 20.0 Å². The number of quaternary nitrogens is 1. The molecule has 3 atom stereocenters. The predicted molar refractivity (Wildman–Crippen MR) is 247 cm³/mol. The predicted octanol–water partition coefficient (Wildman–Crippen LogP) is 13.2. The standard InChI is InChI=1S/C49H95N2O6P/c1-6-8-10-12-14-16-18-20-21-22-23-24-25-26-27-28-29-31-32-34-36-38-40-42-48(52)47(46-57-58(54,55)56-45-44-51(3,4)5)50-49(53)43-41-39-37-35-33-30-19-17-15-13-11-9-7-2/h11,13,17,19,40,42,47-48,52H,6-10,12,14-16,18,20-39,41,43-46H2,1-5H3,(H-,50,53,54,55)/b13-11-,19-17-,42-40+. The highest BCUT2D eigenvalue weighted by Gasteiger charge is 2.23. The number of carbonyl (C=O) groups excluding carboxylic acids is 1. The first kappa shape index (κ1) is 56.7. The number of allylic oxidation sites excluding steroid dienone is 5. The van der Waals surface area contributed by atoms with Gasteiger partial charge in [0.05, 0.1) is 39.9 Å². The quantitative estimate of drug-likeness (QED) is 0.0274. The van der Waals surface area contributed by atoms with Crippen LogP contribution in [0.4, 0.5) is 0 Å². The molecule has 0 aliphatic heterocycles. The Balaban J connectivity index is 4.29. The molecule has 0 fully saturated rings. The normalized spacial score (nSPS) is 14.5. The fourth-order valence-electron chi connectivity index (χ4n) is 6.96. The molecule has 0 aliphatic carbocycles. The number of nitrogens with one attached hydrogen (secondary N) is 1. The van der Waals surface area contributed by atoms with E-state index in [4.69, 9.17) is 9.05 Å². The van der Waals surface area contributed by atoms with Gasteiger partial charge in [-0.2, -0.15) is 0 Å². The van der Waals surface area contributed by atoms with Crippen molar-refractivity contribution >= 4 is 13.7 Å². The maximum absolute atomic E-state index is 12.8. The third kappa shape index (κ3) is 42.8. The molecule has 58 heavy (non-hydrogen) atoms. The Kier molecular flexibility index (Phi) is 40.2. The zero-order chi connectivity index (χ0) is 42.8. The van der Waals surface area contributed by atoms with E-state index in [1.807, 2.05) is 27.2 Å². The van der Waals surface area contributed by atoms with Gasteiger partial charge in [0.1, 0.15) is 13.2 Å². The number of hydrogen-bond acceptors (Lipinski definition) is 6. The summed E-state index contributed by atoms with van der Waals surface area (Å²) in [4.78, 5) is 25.3. The maximum Gasteiger partial charge on any atom is 0.268 e. The molecule has 0 aliphatic rings. The largest absolute Gasteiger partial charge is 0.756 e. The van der Waals surface area contributed by atoms with Gasteiger partial charge in [0, 0.05) is 6.42 Å². The van der Waals surface area contributed by atoms with Crippen LogP contribution < -0.4 is 10.2 Å². The zero-order valence-electron chi connectivity index (χ0n) is 38.8. The van der Waals surface area contributed by atoms with Crippen LogP contribution in [0.15, 0.2) is 36.5 Å². The Hall–Kier alpha value is -1.28. The van der Waals surface area contributed by atoms with E-state index in [0.717, 1.165) is 70.6 Å². The summed E-state index contributed by atoms with van der Waals surface area (Å²) in [6.07, 6.45) is 50.6. The number of phosphoric acid groups is 1. The molecule has 0 aromatic carbocycles. The molecular weight excluding hydrogens is 744 g/mol. The van der Waals surface area contributed by atoms with E-state index in [1.54, 1.807) is 6.08 Å². The molecule has 0 bridgehead atoms. The Morgan fingerprint density at radius 2 is 1.03 bits per heavy atom. The lowest BCUT2D eigenvalue weighted by Crippen LogP contribution is -2.45. The molecule has 2 N–H and O–H groups in total. The fourth-order valence-corrected chi connectivity index (χ4v) is 7.68. The van der Waals surface area contributed by atoms with E-state index in [0.29, 0.717) is 17.4 Å². The van der Waals surface area contributed by atoms with Crippen molar-refractivity contribution in [1.29, 1.82) is 0 Å². The summed E-state index contributed by atoms with van der Waals surface area (Å²) in [5.74, 6) is -0.212. The van der Waals surface area contributed by atoms with Gasteiger partial charge in [0.25, 0.3) is 7.82 Å². The number of carbonyl (C=O) groups is 1. The summed E-state index contributed by atoms with van der Waals surface area (Å²) in [5, 5.41) is 13.8. The molecule has 3 unspecified atom stereocenters.